The van der Waals surface area contributed by atoms with Crippen molar-refractivity contribution in [2.75, 3.05) is 44.7 Å². The van der Waals surface area contributed by atoms with Crippen molar-refractivity contribution in [3.63, 3.8) is 0 Å². The fraction of sp³-hybridized carbons (Fsp3) is 0.500. The maximum absolute atomic E-state index is 13.1. The van der Waals surface area contributed by atoms with Crippen molar-refractivity contribution in [3.8, 4) is 0 Å². The lowest BCUT2D eigenvalue weighted by molar-refractivity contribution is 0.0526. The van der Waals surface area contributed by atoms with Crippen LogP contribution in [0.4, 0.5) is 9.80 Å². The fourth-order valence-electron chi connectivity index (χ4n) is 4.68. The summed E-state index contributed by atoms with van der Waals surface area (Å²) in [5.41, 5.74) is 1.67. The lowest BCUT2D eigenvalue weighted by Gasteiger charge is -2.33. The molecular weight excluding hydrogens is 530 g/mol. The number of rotatable bonds is 7. The van der Waals surface area contributed by atoms with Crippen LogP contribution in [0.25, 0.3) is 0 Å². The van der Waals surface area contributed by atoms with Gasteiger partial charge in [0.15, 0.2) is 0 Å². The van der Waals surface area contributed by atoms with Crippen LogP contribution < -0.4 is 5.32 Å². The average molecular weight is 564 g/mol. The number of nitrogens with one attached hydrogen (secondary N) is 1. The Morgan fingerprint density at radius 3 is 2.24 bits per heavy atom. The molecule has 12 heteroatoms. The van der Waals surface area contributed by atoms with Gasteiger partial charge in [-0.3, -0.25) is 4.79 Å². The molecule has 206 valence electrons. The van der Waals surface area contributed by atoms with Crippen molar-refractivity contribution >= 4 is 44.3 Å². The van der Waals surface area contributed by atoms with Crippen LogP contribution in [0.3, 0.4) is 0 Å². The SMILES string of the molecule is CCOC(=O)c1c(NC(=O)c2ccc(S(=O)(=O)N3CCN(C(=O)OCC)CC3)cc2)sc2c1CCCCC2. The Morgan fingerprint density at radius 1 is 0.921 bits per heavy atom. The molecule has 2 amide bonds. The highest BCUT2D eigenvalue weighted by Crippen LogP contribution is 2.38. The van der Waals surface area contributed by atoms with Crippen molar-refractivity contribution < 1.29 is 32.3 Å². The normalized spacial score (nSPS) is 16.3. The van der Waals surface area contributed by atoms with E-state index in [1.165, 1.54) is 44.8 Å². The van der Waals surface area contributed by atoms with Crippen LogP contribution >= 0.6 is 11.3 Å². The van der Waals surface area contributed by atoms with Crippen LogP contribution in [0.15, 0.2) is 29.2 Å². The third-order valence-corrected chi connectivity index (χ3v) is 9.77. The summed E-state index contributed by atoms with van der Waals surface area (Å²) in [4.78, 5) is 40.4. The zero-order valence-electron chi connectivity index (χ0n) is 21.7. The van der Waals surface area contributed by atoms with Crippen molar-refractivity contribution in [1.82, 2.24) is 9.21 Å². The first-order chi connectivity index (χ1) is 18.3. The number of carbonyl (C=O) groups excluding carboxylic acids is 3. The molecule has 1 saturated heterocycles. The van der Waals surface area contributed by atoms with Gasteiger partial charge in [0.1, 0.15) is 5.00 Å². The molecule has 0 saturated carbocycles. The summed E-state index contributed by atoms with van der Waals surface area (Å²) in [6, 6.07) is 5.72. The summed E-state index contributed by atoms with van der Waals surface area (Å²) in [6.45, 7) is 4.76. The molecule has 4 rings (SSSR count). The lowest BCUT2D eigenvalue weighted by atomic mass is 10.1. The molecule has 2 aromatic rings. The molecule has 38 heavy (non-hydrogen) atoms. The van der Waals surface area contributed by atoms with Crippen molar-refractivity contribution in [2.45, 2.75) is 50.8 Å². The van der Waals surface area contributed by atoms with E-state index < -0.39 is 28.0 Å². The number of nitrogens with zero attached hydrogens (tertiary/aromatic N) is 2. The molecule has 0 bridgehead atoms. The number of fused-ring (bicyclic) bond motifs is 1. The highest BCUT2D eigenvalue weighted by molar-refractivity contribution is 7.89. The summed E-state index contributed by atoms with van der Waals surface area (Å²) in [5.74, 6) is -0.870. The maximum Gasteiger partial charge on any atom is 0.409 e. The summed E-state index contributed by atoms with van der Waals surface area (Å²) in [7, 11) is -3.79. The van der Waals surface area contributed by atoms with Crippen LogP contribution in [0.5, 0.6) is 0 Å². The molecule has 0 unspecified atom stereocenters. The maximum atomic E-state index is 13.1. The molecule has 1 aromatic carbocycles. The minimum atomic E-state index is -3.79. The monoisotopic (exact) mass is 563 g/mol. The highest BCUT2D eigenvalue weighted by atomic mass is 32.2. The number of hydrogen-bond acceptors (Lipinski definition) is 8. The van der Waals surface area contributed by atoms with Gasteiger partial charge >= 0.3 is 12.1 Å². The number of hydrogen-bond donors (Lipinski definition) is 1. The molecule has 1 N–H and O–H groups in total. The molecule has 0 atom stereocenters. The third kappa shape index (κ3) is 6.02. The Labute approximate surface area is 226 Å². The van der Waals surface area contributed by atoms with Gasteiger partial charge in [0.2, 0.25) is 10.0 Å². The van der Waals surface area contributed by atoms with Gasteiger partial charge in [0, 0.05) is 36.6 Å². The summed E-state index contributed by atoms with van der Waals surface area (Å²) < 4.78 is 37.8. The average Bonchev–Trinajstić information content (AvgIpc) is 3.09. The van der Waals surface area contributed by atoms with Crippen LogP contribution in [-0.4, -0.2) is 75.0 Å². The van der Waals surface area contributed by atoms with Crippen LogP contribution in [0, 0.1) is 0 Å². The number of thiophene rings is 1. The van der Waals surface area contributed by atoms with Crippen LogP contribution in [0.1, 0.15) is 64.3 Å². The third-order valence-electron chi connectivity index (χ3n) is 6.65. The molecule has 1 aliphatic carbocycles. The second kappa shape index (κ2) is 12.3. The number of aryl methyl sites for hydroxylation is 1. The quantitative estimate of drug-likeness (QED) is 0.400. The van der Waals surface area contributed by atoms with Gasteiger partial charge in [-0.05, 0) is 69.4 Å². The molecule has 2 aliphatic rings. The number of amides is 2. The second-order valence-electron chi connectivity index (χ2n) is 9.06. The molecule has 0 radical (unpaired) electrons. The van der Waals surface area contributed by atoms with E-state index in [0.717, 1.165) is 42.5 Å². The zero-order valence-corrected chi connectivity index (χ0v) is 23.3. The van der Waals surface area contributed by atoms with E-state index >= 15 is 0 Å². The number of anilines is 1. The van der Waals surface area contributed by atoms with Crippen molar-refractivity contribution in [1.29, 1.82) is 0 Å². The minimum absolute atomic E-state index is 0.0636. The van der Waals surface area contributed by atoms with Gasteiger partial charge in [-0.25, -0.2) is 18.0 Å². The Morgan fingerprint density at radius 2 is 1.58 bits per heavy atom. The topological polar surface area (TPSA) is 122 Å². The molecule has 1 aliphatic heterocycles. The van der Waals surface area contributed by atoms with Gasteiger partial charge in [-0.2, -0.15) is 4.31 Å². The molecule has 2 heterocycles. The molecular formula is C26H33N3O7S2. The van der Waals surface area contributed by atoms with Gasteiger partial charge in [0.05, 0.1) is 23.7 Å². The number of ether oxygens (including phenoxy) is 2. The van der Waals surface area contributed by atoms with Gasteiger partial charge < -0.3 is 19.7 Å². The van der Waals surface area contributed by atoms with E-state index in [0.29, 0.717) is 10.6 Å². The van der Waals surface area contributed by atoms with Crippen LogP contribution in [0.2, 0.25) is 0 Å². The van der Waals surface area contributed by atoms with E-state index in [1.807, 2.05) is 0 Å². The Balaban J connectivity index is 1.47. The van der Waals surface area contributed by atoms with Gasteiger partial charge in [-0.1, -0.05) is 6.42 Å². The molecule has 0 spiro atoms. The lowest BCUT2D eigenvalue weighted by Crippen LogP contribution is -2.50. The predicted octanol–water partition coefficient (Wildman–Crippen LogP) is 3.91. The Hall–Kier alpha value is -2.96. The number of esters is 1. The minimum Gasteiger partial charge on any atom is -0.462 e. The number of piperazine rings is 1. The predicted molar refractivity (Wildman–Crippen MR) is 143 cm³/mol. The first kappa shape index (κ1) is 28.1. The van der Waals surface area contributed by atoms with E-state index in [1.54, 1.807) is 13.8 Å². The van der Waals surface area contributed by atoms with E-state index in [4.69, 9.17) is 9.47 Å². The van der Waals surface area contributed by atoms with E-state index in [2.05, 4.69) is 5.32 Å². The Kier molecular flexibility index (Phi) is 9.06. The first-order valence-corrected chi connectivity index (χ1v) is 15.2. The van der Waals surface area contributed by atoms with Gasteiger partial charge in [0.25, 0.3) is 5.91 Å². The summed E-state index contributed by atoms with van der Waals surface area (Å²) >= 11 is 1.41. The van der Waals surface area contributed by atoms with Crippen molar-refractivity contribution in [3.05, 3.63) is 45.8 Å². The summed E-state index contributed by atoms with van der Waals surface area (Å²) in [5, 5.41) is 3.33. The zero-order chi connectivity index (χ0) is 27.3. The smallest absolute Gasteiger partial charge is 0.409 e. The standard InChI is InChI=1S/C26H33N3O7S2/c1-3-35-25(31)22-20-8-6-5-7-9-21(20)37-24(22)27-23(30)18-10-12-19(13-11-18)38(33,34)29-16-14-28(15-17-29)26(32)36-4-2/h10-13H,3-9,14-17H2,1-2H3,(H,27,30). The number of sulfonamides is 1. The highest BCUT2D eigenvalue weighted by Gasteiger charge is 2.31. The van der Waals surface area contributed by atoms with Gasteiger partial charge in [-0.15, -0.1) is 11.3 Å². The summed E-state index contributed by atoms with van der Waals surface area (Å²) in [6.07, 6.45) is 4.31. The second-order valence-corrected chi connectivity index (χ2v) is 12.1. The molecule has 10 nitrogen and oxygen atoms in total. The van der Waals surface area contributed by atoms with Crippen molar-refractivity contribution in [2.24, 2.45) is 0 Å². The largest absolute Gasteiger partial charge is 0.462 e. The first-order valence-electron chi connectivity index (χ1n) is 12.9. The van der Waals surface area contributed by atoms with Crippen LogP contribution in [-0.2, 0) is 32.3 Å². The fourth-order valence-corrected chi connectivity index (χ4v) is 7.37. The van der Waals surface area contributed by atoms with E-state index in [9.17, 15) is 22.8 Å². The Bertz CT molecular complexity index is 1280. The number of benzene rings is 1. The molecule has 1 aromatic heterocycles. The van der Waals surface area contributed by atoms with E-state index in [-0.39, 0.29) is 49.9 Å². The molecule has 1 fully saturated rings. The number of carbonyl (C=O) groups is 3.